The largest absolute Gasteiger partial charge is 0.331 e. The van der Waals surface area contributed by atoms with Gasteiger partial charge in [0, 0.05) is 6.54 Å². The topological polar surface area (TPSA) is 66.5 Å². The van der Waals surface area contributed by atoms with Gasteiger partial charge in [0.25, 0.3) is 11.8 Å². The second-order valence-electron chi connectivity index (χ2n) is 2.51. The van der Waals surface area contributed by atoms with Crippen LogP contribution in [0.2, 0.25) is 0 Å². The second-order valence-corrected chi connectivity index (χ2v) is 2.51. The van der Waals surface area contributed by atoms with E-state index in [2.05, 4.69) is 5.32 Å². The average Bonchev–Trinajstić information content (AvgIpc) is 2.04. The maximum Gasteiger partial charge on any atom is 0.331 e. The van der Waals surface area contributed by atoms with Gasteiger partial charge in [0.1, 0.15) is 5.57 Å². The SMILES string of the molecule is C/C=C1\C(=O)NC(=O)N(CC)C1=O. The first kappa shape index (κ1) is 9.44. The summed E-state index contributed by atoms with van der Waals surface area (Å²) in [6.07, 6.45) is 1.40. The fraction of sp³-hybridized carbons (Fsp3) is 0.375. The molecule has 4 amide bonds. The molecule has 1 fully saturated rings. The molecule has 1 rings (SSSR count). The van der Waals surface area contributed by atoms with Gasteiger partial charge in [0.15, 0.2) is 0 Å². The van der Waals surface area contributed by atoms with Crippen LogP contribution < -0.4 is 5.32 Å². The molecule has 1 aliphatic heterocycles. The molecular formula is C8H10N2O3. The first-order valence-corrected chi connectivity index (χ1v) is 3.95. The summed E-state index contributed by atoms with van der Waals surface area (Å²) in [6.45, 7) is 3.51. The van der Waals surface area contributed by atoms with Crippen LogP contribution in [0.25, 0.3) is 0 Å². The van der Waals surface area contributed by atoms with Crippen molar-refractivity contribution in [1.29, 1.82) is 0 Å². The van der Waals surface area contributed by atoms with Gasteiger partial charge >= 0.3 is 6.03 Å². The lowest BCUT2D eigenvalue weighted by Gasteiger charge is -2.24. The predicted molar refractivity (Wildman–Crippen MR) is 44.7 cm³/mol. The summed E-state index contributed by atoms with van der Waals surface area (Å²) in [6, 6.07) is -0.650. The van der Waals surface area contributed by atoms with Crippen LogP contribution in [0.15, 0.2) is 11.6 Å². The molecule has 0 saturated carbocycles. The Labute approximate surface area is 75.4 Å². The highest BCUT2D eigenvalue weighted by molar-refractivity contribution is 6.28. The van der Waals surface area contributed by atoms with E-state index in [0.717, 1.165) is 4.90 Å². The number of allylic oxidation sites excluding steroid dienone is 1. The highest BCUT2D eigenvalue weighted by Gasteiger charge is 2.33. The van der Waals surface area contributed by atoms with E-state index in [9.17, 15) is 14.4 Å². The van der Waals surface area contributed by atoms with Crippen molar-refractivity contribution < 1.29 is 14.4 Å². The van der Waals surface area contributed by atoms with Crippen molar-refractivity contribution in [3.63, 3.8) is 0 Å². The summed E-state index contributed by atoms with van der Waals surface area (Å²) in [5.41, 5.74) is 0.0152. The molecular weight excluding hydrogens is 172 g/mol. The zero-order valence-electron chi connectivity index (χ0n) is 7.46. The maximum atomic E-state index is 11.4. The second kappa shape index (κ2) is 3.38. The van der Waals surface area contributed by atoms with Gasteiger partial charge in [0.2, 0.25) is 0 Å². The number of barbiturate groups is 1. The summed E-state index contributed by atoms with van der Waals surface area (Å²) in [5, 5.41) is 2.07. The molecule has 0 aromatic rings. The smallest absolute Gasteiger partial charge is 0.273 e. The van der Waals surface area contributed by atoms with Crippen LogP contribution >= 0.6 is 0 Å². The van der Waals surface area contributed by atoms with E-state index in [1.165, 1.54) is 6.08 Å². The lowest BCUT2D eigenvalue weighted by Crippen LogP contribution is -2.53. The highest BCUT2D eigenvalue weighted by Crippen LogP contribution is 2.08. The van der Waals surface area contributed by atoms with Crippen LogP contribution in [0.4, 0.5) is 4.79 Å². The standard InChI is InChI=1S/C8H10N2O3/c1-3-5-6(11)9-8(13)10(4-2)7(5)12/h3H,4H2,1-2H3,(H,9,11,13)/b5-3+. The van der Waals surface area contributed by atoms with Crippen LogP contribution in [0.3, 0.4) is 0 Å². The quantitative estimate of drug-likeness (QED) is 0.459. The average molecular weight is 182 g/mol. The van der Waals surface area contributed by atoms with E-state index < -0.39 is 17.8 Å². The molecule has 0 atom stereocenters. The van der Waals surface area contributed by atoms with Crippen LogP contribution in [0, 0.1) is 0 Å². The zero-order valence-corrected chi connectivity index (χ0v) is 7.46. The number of hydrogen-bond donors (Lipinski definition) is 1. The summed E-state index contributed by atoms with van der Waals surface area (Å²) >= 11 is 0. The van der Waals surface area contributed by atoms with Gasteiger partial charge in [-0.1, -0.05) is 6.08 Å². The maximum absolute atomic E-state index is 11.4. The molecule has 0 spiro atoms. The minimum Gasteiger partial charge on any atom is -0.273 e. The minimum atomic E-state index is -0.650. The number of likely N-dealkylation sites (N-methyl/N-ethyl adjacent to an activating group) is 1. The van der Waals surface area contributed by atoms with Gasteiger partial charge in [-0.2, -0.15) is 0 Å². The van der Waals surface area contributed by atoms with Crippen LogP contribution in [0.1, 0.15) is 13.8 Å². The lowest BCUT2D eigenvalue weighted by molar-refractivity contribution is -0.130. The van der Waals surface area contributed by atoms with Gasteiger partial charge in [-0.05, 0) is 13.8 Å². The van der Waals surface area contributed by atoms with E-state index in [4.69, 9.17) is 0 Å². The number of urea groups is 1. The Morgan fingerprint density at radius 3 is 2.46 bits per heavy atom. The molecule has 0 aliphatic carbocycles. The summed E-state index contributed by atoms with van der Waals surface area (Å²) in [5.74, 6) is -1.15. The fourth-order valence-corrected chi connectivity index (χ4v) is 1.11. The molecule has 1 N–H and O–H groups in total. The third-order valence-electron chi connectivity index (χ3n) is 1.79. The van der Waals surface area contributed by atoms with Gasteiger partial charge < -0.3 is 0 Å². The zero-order chi connectivity index (χ0) is 10.0. The number of imide groups is 2. The van der Waals surface area contributed by atoms with Crippen LogP contribution in [-0.4, -0.2) is 29.3 Å². The van der Waals surface area contributed by atoms with Crippen molar-refractivity contribution in [2.45, 2.75) is 13.8 Å². The molecule has 0 aromatic carbocycles. The van der Waals surface area contributed by atoms with Crippen molar-refractivity contribution in [3.8, 4) is 0 Å². The first-order chi connectivity index (χ1) is 6.11. The molecule has 1 aliphatic rings. The predicted octanol–water partition coefficient (Wildman–Crippen LogP) is 0.0310. The minimum absolute atomic E-state index is 0.0152. The van der Waals surface area contributed by atoms with Gasteiger partial charge in [0.05, 0.1) is 0 Å². The Kier molecular flexibility index (Phi) is 2.46. The molecule has 0 bridgehead atoms. The number of carbonyl (C=O) groups is 3. The molecule has 0 unspecified atom stereocenters. The molecule has 1 heterocycles. The van der Waals surface area contributed by atoms with E-state index in [0.29, 0.717) is 0 Å². The molecule has 0 radical (unpaired) electrons. The summed E-state index contributed by atoms with van der Waals surface area (Å²) in [4.78, 5) is 34.5. The molecule has 1 saturated heterocycles. The molecule has 5 nitrogen and oxygen atoms in total. The van der Waals surface area contributed by atoms with Crippen LogP contribution in [-0.2, 0) is 9.59 Å². The third kappa shape index (κ3) is 1.44. The van der Waals surface area contributed by atoms with E-state index >= 15 is 0 Å². The van der Waals surface area contributed by atoms with Crippen molar-refractivity contribution >= 4 is 17.8 Å². The molecule has 13 heavy (non-hydrogen) atoms. The lowest BCUT2D eigenvalue weighted by atomic mass is 10.1. The highest BCUT2D eigenvalue weighted by atomic mass is 16.2. The van der Waals surface area contributed by atoms with Crippen molar-refractivity contribution in [1.82, 2.24) is 10.2 Å². The normalized spacial score (nSPS) is 20.9. The van der Waals surface area contributed by atoms with E-state index in [1.807, 2.05) is 0 Å². The Hall–Kier alpha value is -1.65. The number of amides is 4. The van der Waals surface area contributed by atoms with Gasteiger partial charge in [-0.15, -0.1) is 0 Å². The van der Waals surface area contributed by atoms with Crippen molar-refractivity contribution in [2.24, 2.45) is 0 Å². The Bertz CT molecular complexity index is 307. The number of rotatable bonds is 1. The van der Waals surface area contributed by atoms with Gasteiger partial charge in [-0.25, -0.2) is 4.79 Å². The number of nitrogens with one attached hydrogen (secondary N) is 1. The monoisotopic (exact) mass is 182 g/mol. The summed E-state index contributed by atoms with van der Waals surface area (Å²) < 4.78 is 0. The van der Waals surface area contributed by atoms with E-state index in [1.54, 1.807) is 13.8 Å². The van der Waals surface area contributed by atoms with E-state index in [-0.39, 0.29) is 12.1 Å². The fourth-order valence-electron chi connectivity index (χ4n) is 1.11. The van der Waals surface area contributed by atoms with Crippen LogP contribution in [0.5, 0.6) is 0 Å². The van der Waals surface area contributed by atoms with Crippen molar-refractivity contribution in [3.05, 3.63) is 11.6 Å². The van der Waals surface area contributed by atoms with Gasteiger partial charge in [-0.3, -0.25) is 19.8 Å². The molecule has 70 valence electrons. The molecule has 5 heteroatoms. The Morgan fingerprint density at radius 2 is 2.00 bits per heavy atom. The number of hydrogen-bond acceptors (Lipinski definition) is 3. The van der Waals surface area contributed by atoms with Crippen molar-refractivity contribution in [2.75, 3.05) is 6.54 Å². The molecule has 0 aromatic heterocycles. The summed E-state index contributed by atoms with van der Waals surface area (Å²) in [7, 11) is 0. The number of carbonyl (C=O) groups excluding carboxylic acids is 3. The number of nitrogens with zero attached hydrogens (tertiary/aromatic N) is 1. The first-order valence-electron chi connectivity index (χ1n) is 3.95. The third-order valence-corrected chi connectivity index (χ3v) is 1.79. The Morgan fingerprint density at radius 1 is 1.38 bits per heavy atom. The Balaban J connectivity index is 3.02.